The zero-order chi connectivity index (χ0) is 13.2. The maximum absolute atomic E-state index is 13.7. The lowest BCUT2D eigenvalue weighted by Crippen LogP contribution is -2.43. The van der Waals surface area contributed by atoms with Gasteiger partial charge in [-0.15, -0.1) is 0 Å². The smallest absolute Gasteiger partial charge is 0.127 e. The lowest BCUT2D eigenvalue weighted by Gasteiger charge is -2.32. The average molecular weight is 251 g/mol. The highest BCUT2D eigenvalue weighted by Crippen LogP contribution is 2.38. The fourth-order valence-electron chi connectivity index (χ4n) is 2.92. The summed E-state index contributed by atoms with van der Waals surface area (Å²) in [6.45, 7) is 4.27. The Kier molecular flexibility index (Phi) is 4.03. The number of nitrogens with one attached hydrogen (secondary N) is 1. The number of rotatable bonds is 4. The predicted octanol–water partition coefficient (Wildman–Crippen LogP) is 3.03. The molecule has 0 radical (unpaired) electrons. The largest absolute Gasteiger partial charge is 0.396 e. The lowest BCUT2D eigenvalue weighted by molar-refractivity contribution is 0.114. The van der Waals surface area contributed by atoms with Crippen LogP contribution in [0.3, 0.4) is 0 Å². The molecule has 1 fully saturated rings. The number of hydrogen-bond donors (Lipinski definition) is 2. The lowest BCUT2D eigenvalue weighted by atomic mass is 9.85. The van der Waals surface area contributed by atoms with E-state index in [-0.39, 0.29) is 29.9 Å². The van der Waals surface area contributed by atoms with Crippen molar-refractivity contribution < 1.29 is 9.50 Å². The summed E-state index contributed by atoms with van der Waals surface area (Å²) < 4.78 is 13.7. The van der Waals surface area contributed by atoms with E-state index < -0.39 is 0 Å². The van der Waals surface area contributed by atoms with E-state index in [4.69, 9.17) is 0 Å². The van der Waals surface area contributed by atoms with Crippen molar-refractivity contribution in [3.63, 3.8) is 0 Å². The minimum absolute atomic E-state index is 0.0276. The van der Waals surface area contributed by atoms with Crippen LogP contribution in [0.25, 0.3) is 0 Å². The molecule has 1 saturated carbocycles. The second-order valence-corrected chi connectivity index (χ2v) is 5.67. The van der Waals surface area contributed by atoms with Crippen molar-refractivity contribution in [2.75, 3.05) is 6.61 Å². The standard InChI is InChI=1S/C15H22FNO/c1-11(12-6-3-4-7-13(12)16)17-14-8-5-9-15(14,2)10-18/h3-4,6-7,11,14,17-18H,5,8-10H2,1-2H3. The summed E-state index contributed by atoms with van der Waals surface area (Å²) in [6.07, 6.45) is 3.21. The topological polar surface area (TPSA) is 32.3 Å². The van der Waals surface area contributed by atoms with E-state index in [0.29, 0.717) is 5.56 Å². The Bertz CT molecular complexity index is 409. The zero-order valence-electron chi connectivity index (χ0n) is 11.1. The van der Waals surface area contributed by atoms with E-state index in [2.05, 4.69) is 12.2 Å². The Morgan fingerprint density at radius 2 is 2.22 bits per heavy atom. The quantitative estimate of drug-likeness (QED) is 0.862. The molecule has 0 amide bonds. The van der Waals surface area contributed by atoms with Crippen molar-refractivity contribution in [2.45, 2.75) is 45.2 Å². The van der Waals surface area contributed by atoms with Crippen LogP contribution in [0, 0.1) is 11.2 Å². The first-order chi connectivity index (χ1) is 8.57. The minimum Gasteiger partial charge on any atom is -0.396 e. The van der Waals surface area contributed by atoms with Gasteiger partial charge in [-0.05, 0) is 25.8 Å². The van der Waals surface area contributed by atoms with Gasteiger partial charge in [0.05, 0.1) is 0 Å². The molecule has 2 rings (SSSR count). The van der Waals surface area contributed by atoms with Gasteiger partial charge in [-0.3, -0.25) is 0 Å². The molecule has 1 aromatic carbocycles. The summed E-state index contributed by atoms with van der Waals surface area (Å²) in [5, 5.41) is 13.0. The van der Waals surface area contributed by atoms with Gasteiger partial charge in [-0.2, -0.15) is 0 Å². The molecule has 3 atom stereocenters. The molecule has 0 spiro atoms. The van der Waals surface area contributed by atoms with Crippen molar-refractivity contribution in [1.29, 1.82) is 0 Å². The number of aliphatic hydroxyl groups excluding tert-OH is 1. The fraction of sp³-hybridized carbons (Fsp3) is 0.600. The Labute approximate surface area is 108 Å². The third-order valence-corrected chi connectivity index (χ3v) is 4.27. The summed E-state index contributed by atoms with van der Waals surface area (Å²) in [5.41, 5.74) is 0.629. The number of aliphatic hydroxyl groups is 1. The molecule has 1 aliphatic carbocycles. The van der Waals surface area contributed by atoms with Gasteiger partial charge in [0.1, 0.15) is 5.82 Å². The van der Waals surface area contributed by atoms with E-state index in [9.17, 15) is 9.50 Å². The van der Waals surface area contributed by atoms with Crippen molar-refractivity contribution >= 4 is 0 Å². The molecule has 2 nitrogen and oxygen atoms in total. The molecule has 0 saturated heterocycles. The van der Waals surface area contributed by atoms with Crippen molar-refractivity contribution in [3.05, 3.63) is 35.6 Å². The van der Waals surface area contributed by atoms with E-state index >= 15 is 0 Å². The summed E-state index contributed by atoms with van der Waals surface area (Å²) >= 11 is 0. The highest BCUT2D eigenvalue weighted by Gasteiger charge is 2.38. The SMILES string of the molecule is CC(NC1CCCC1(C)CO)c1ccccc1F. The zero-order valence-corrected chi connectivity index (χ0v) is 11.1. The van der Waals surface area contributed by atoms with Crippen LogP contribution in [0.1, 0.15) is 44.7 Å². The molecule has 3 heteroatoms. The fourth-order valence-corrected chi connectivity index (χ4v) is 2.92. The Morgan fingerprint density at radius 1 is 1.50 bits per heavy atom. The summed E-state index contributed by atoms with van der Waals surface area (Å²) in [4.78, 5) is 0. The van der Waals surface area contributed by atoms with Crippen LogP contribution in [-0.2, 0) is 0 Å². The van der Waals surface area contributed by atoms with Gasteiger partial charge in [-0.1, -0.05) is 31.5 Å². The van der Waals surface area contributed by atoms with E-state index in [0.717, 1.165) is 19.3 Å². The van der Waals surface area contributed by atoms with E-state index in [1.807, 2.05) is 19.1 Å². The van der Waals surface area contributed by atoms with E-state index in [1.54, 1.807) is 6.07 Å². The molecule has 0 aliphatic heterocycles. The van der Waals surface area contributed by atoms with Gasteiger partial charge < -0.3 is 10.4 Å². The first-order valence-electron chi connectivity index (χ1n) is 6.68. The molecular weight excluding hydrogens is 229 g/mol. The average Bonchev–Trinajstić information content (AvgIpc) is 2.72. The molecule has 1 aliphatic rings. The molecule has 0 bridgehead atoms. The van der Waals surface area contributed by atoms with Crippen LogP contribution in [0.4, 0.5) is 4.39 Å². The molecule has 1 aromatic rings. The van der Waals surface area contributed by atoms with Gasteiger partial charge in [0.2, 0.25) is 0 Å². The molecule has 18 heavy (non-hydrogen) atoms. The first-order valence-corrected chi connectivity index (χ1v) is 6.68. The number of benzene rings is 1. The maximum Gasteiger partial charge on any atom is 0.127 e. The van der Waals surface area contributed by atoms with Crippen LogP contribution in [0.15, 0.2) is 24.3 Å². The normalized spacial score (nSPS) is 29.4. The predicted molar refractivity (Wildman–Crippen MR) is 70.8 cm³/mol. The molecule has 100 valence electrons. The summed E-state index contributed by atoms with van der Waals surface area (Å²) in [5.74, 6) is -0.166. The van der Waals surface area contributed by atoms with Gasteiger partial charge in [0.15, 0.2) is 0 Å². The highest BCUT2D eigenvalue weighted by atomic mass is 19.1. The molecule has 0 aromatic heterocycles. The van der Waals surface area contributed by atoms with Crippen molar-refractivity contribution in [2.24, 2.45) is 5.41 Å². The van der Waals surface area contributed by atoms with Crippen LogP contribution >= 0.6 is 0 Å². The van der Waals surface area contributed by atoms with Crippen molar-refractivity contribution in [3.8, 4) is 0 Å². The monoisotopic (exact) mass is 251 g/mol. The van der Waals surface area contributed by atoms with E-state index in [1.165, 1.54) is 6.07 Å². The van der Waals surface area contributed by atoms with Gasteiger partial charge >= 0.3 is 0 Å². The van der Waals surface area contributed by atoms with Crippen LogP contribution in [0.2, 0.25) is 0 Å². The molecule has 3 unspecified atom stereocenters. The maximum atomic E-state index is 13.7. The second kappa shape index (κ2) is 5.37. The third kappa shape index (κ3) is 2.57. The molecule has 0 heterocycles. The third-order valence-electron chi connectivity index (χ3n) is 4.27. The van der Waals surface area contributed by atoms with Gasteiger partial charge in [0, 0.05) is 29.7 Å². The Morgan fingerprint density at radius 3 is 2.89 bits per heavy atom. The van der Waals surface area contributed by atoms with Crippen LogP contribution in [0.5, 0.6) is 0 Å². The van der Waals surface area contributed by atoms with Gasteiger partial charge in [0.25, 0.3) is 0 Å². The minimum atomic E-state index is -0.166. The highest BCUT2D eigenvalue weighted by molar-refractivity contribution is 5.21. The second-order valence-electron chi connectivity index (χ2n) is 5.67. The van der Waals surface area contributed by atoms with Gasteiger partial charge in [-0.25, -0.2) is 4.39 Å². The van der Waals surface area contributed by atoms with Crippen molar-refractivity contribution in [1.82, 2.24) is 5.32 Å². The van der Waals surface area contributed by atoms with Crippen LogP contribution < -0.4 is 5.32 Å². The Balaban J connectivity index is 2.08. The summed E-state index contributed by atoms with van der Waals surface area (Å²) in [7, 11) is 0. The number of hydrogen-bond acceptors (Lipinski definition) is 2. The van der Waals surface area contributed by atoms with Crippen LogP contribution in [-0.4, -0.2) is 17.8 Å². The molecular formula is C15H22FNO. The first kappa shape index (κ1) is 13.5. The Hall–Kier alpha value is -0.930. The molecule has 2 N–H and O–H groups in total. The summed E-state index contributed by atoms with van der Waals surface area (Å²) in [6, 6.07) is 7.11. The number of halogens is 1.